The van der Waals surface area contributed by atoms with E-state index in [0.29, 0.717) is 19.5 Å². The van der Waals surface area contributed by atoms with Gasteiger partial charge in [-0.1, -0.05) is 60.7 Å². The second kappa shape index (κ2) is 8.01. The molecule has 1 fully saturated rings. The van der Waals surface area contributed by atoms with Gasteiger partial charge in [-0.15, -0.1) is 0 Å². The van der Waals surface area contributed by atoms with Gasteiger partial charge in [0.2, 0.25) is 0 Å². The van der Waals surface area contributed by atoms with Crippen LogP contribution in [0.1, 0.15) is 17.5 Å². The lowest BCUT2D eigenvalue weighted by molar-refractivity contribution is -0.144. The van der Waals surface area contributed by atoms with Crippen LogP contribution in [0.4, 0.5) is 4.79 Å². The fourth-order valence-corrected chi connectivity index (χ4v) is 3.15. The fourth-order valence-electron chi connectivity index (χ4n) is 3.15. The van der Waals surface area contributed by atoms with Crippen molar-refractivity contribution in [1.82, 2.24) is 10.2 Å². The average molecular weight is 354 g/mol. The van der Waals surface area contributed by atoms with Crippen molar-refractivity contribution in [2.75, 3.05) is 13.1 Å². The Bertz CT molecular complexity index is 751. The molecule has 1 saturated heterocycles. The Morgan fingerprint density at radius 1 is 1.04 bits per heavy atom. The molecule has 3 rings (SSSR count). The van der Waals surface area contributed by atoms with Gasteiger partial charge in [0.1, 0.15) is 6.61 Å². The van der Waals surface area contributed by atoms with Gasteiger partial charge in [-0.05, 0) is 17.5 Å². The molecule has 2 N–H and O–H groups in total. The van der Waals surface area contributed by atoms with Crippen LogP contribution >= 0.6 is 0 Å². The minimum atomic E-state index is -1.32. The van der Waals surface area contributed by atoms with Gasteiger partial charge in [0, 0.05) is 19.6 Å². The molecule has 136 valence electrons. The molecule has 1 unspecified atom stereocenters. The molecule has 1 aliphatic rings. The summed E-state index contributed by atoms with van der Waals surface area (Å²) < 4.78 is 5.19. The number of ether oxygens (including phenoxy) is 1. The third-order valence-corrected chi connectivity index (χ3v) is 4.56. The molecule has 0 aromatic heterocycles. The van der Waals surface area contributed by atoms with Crippen LogP contribution in [-0.2, 0) is 22.7 Å². The van der Waals surface area contributed by atoms with E-state index in [0.717, 1.165) is 11.1 Å². The van der Waals surface area contributed by atoms with Gasteiger partial charge in [0.15, 0.2) is 5.54 Å². The van der Waals surface area contributed by atoms with Crippen LogP contribution in [0.25, 0.3) is 0 Å². The number of carboxylic acid groups (broad SMARTS) is 1. The zero-order valence-corrected chi connectivity index (χ0v) is 14.4. The van der Waals surface area contributed by atoms with Crippen molar-refractivity contribution in [2.45, 2.75) is 25.1 Å². The van der Waals surface area contributed by atoms with Gasteiger partial charge < -0.3 is 15.2 Å². The van der Waals surface area contributed by atoms with Crippen molar-refractivity contribution < 1.29 is 19.4 Å². The van der Waals surface area contributed by atoms with Crippen LogP contribution in [0.3, 0.4) is 0 Å². The number of rotatable bonds is 6. The highest BCUT2D eigenvalue weighted by Gasteiger charge is 2.46. The smallest absolute Gasteiger partial charge is 0.408 e. The minimum Gasteiger partial charge on any atom is -0.479 e. The Labute approximate surface area is 152 Å². The number of nitrogens with zero attached hydrogens (tertiary/aromatic N) is 1. The third-order valence-electron chi connectivity index (χ3n) is 4.56. The van der Waals surface area contributed by atoms with Gasteiger partial charge >= 0.3 is 12.1 Å². The van der Waals surface area contributed by atoms with Crippen molar-refractivity contribution in [3.05, 3.63) is 71.8 Å². The lowest BCUT2D eigenvalue weighted by Gasteiger charge is -2.26. The van der Waals surface area contributed by atoms with E-state index in [-0.39, 0.29) is 13.2 Å². The Hall–Kier alpha value is -2.86. The molecule has 1 aliphatic heterocycles. The van der Waals surface area contributed by atoms with Crippen LogP contribution < -0.4 is 5.32 Å². The summed E-state index contributed by atoms with van der Waals surface area (Å²) in [5.41, 5.74) is 0.646. The van der Waals surface area contributed by atoms with Crippen LogP contribution in [-0.4, -0.2) is 40.7 Å². The molecule has 1 heterocycles. The molecule has 0 spiro atoms. The number of nitrogens with one attached hydrogen (secondary N) is 1. The van der Waals surface area contributed by atoms with Gasteiger partial charge in [-0.2, -0.15) is 0 Å². The van der Waals surface area contributed by atoms with Crippen molar-refractivity contribution in [1.29, 1.82) is 0 Å². The zero-order valence-electron chi connectivity index (χ0n) is 14.4. The summed E-state index contributed by atoms with van der Waals surface area (Å²) in [6, 6.07) is 19.1. The van der Waals surface area contributed by atoms with Crippen molar-refractivity contribution in [2.24, 2.45) is 0 Å². The summed E-state index contributed by atoms with van der Waals surface area (Å²) in [7, 11) is 0. The van der Waals surface area contributed by atoms with Crippen molar-refractivity contribution in [3.63, 3.8) is 0 Å². The van der Waals surface area contributed by atoms with Crippen LogP contribution in [0.15, 0.2) is 60.7 Å². The van der Waals surface area contributed by atoms with Crippen LogP contribution in [0, 0.1) is 0 Å². The average Bonchev–Trinajstić information content (AvgIpc) is 3.05. The first kappa shape index (κ1) is 17.9. The molecule has 1 amide bonds. The molecule has 26 heavy (non-hydrogen) atoms. The lowest BCUT2D eigenvalue weighted by Crippen LogP contribution is -2.56. The number of amides is 1. The maximum atomic E-state index is 12.1. The molecular formula is C20H22N2O4. The van der Waals surface area contributed by atoms with E-state index in [1.165, 1.54) is 0 Å². The van der Waals surface area contributed by atoms with Gasteiger partial charge in [0.25, 0.3) is 0 Å². The molecule has 0 bridgehead atoms. The Morgan fingerprint density at radius 2 is 1.65 bits per heavy atom. The standard InChI is InChI=1S/C20H22N2O4/c23-18(24)20(21-19(25)26-14-17-9-5-2-6-10-17)11-12-22(15-20)13-16-7-3-1-4-8-16/h1-10H,11-15H2,(H,21,25)(H,23,24). The second-order valence-electron chi connectivity index (χ2n) is 6.52. The number of aliphatic carboxylic acids is 1. The third kappa shape index (κ3) is 4.40. The predicted octanol–water partition coefficient (Wildman–Crippen LogP) is 2.64. The summed E-state index contributed by atoms with van der Waals surface area (Å²) in [5, 5.41) is 12.3. The van der Waals surface area contributed by atoms with Crippen LogP contribution in [0.2, 0.25) is 0 Å². The van der Waals surface area contributed by atoms with E-state index < -0.39 is 17.6 Å². The quantitative estimate of drug-likeness (QED) is 0.834. The zero-order chi connectivity index (χ0) is 18.4. The van der Waals surface area contributed by atoms with E-state index in [4.69, 9.17) is 4.74 Å². The van der Waals surface area contributed by atoms with Gasteiger partial charge in [-0.25, -0.2) is 9.59 Å². The summed E-state index contributed by atoms with van der Waals surface area (Å²) in [6.07, 6.45) is -0.367. The Balaban J connectivity index is 1.58. The van der Waals surface area contributed by atoms with E-state index in [1.54, 1.807) is 0 Å². The van der Waals surface area contributed by atoms with Crippen molar-refractivity contribution in [3.8, 4) is 0 Å². The van der Waals surface area contributed by atoms with Gasteiger partial charge in [0.05, 0.1) is 0 Å². The van der Waals surface area contributed by atoms with E-state index in [2.05, 4.69) is 5.32 Å². The molecule has 0 radical (unpaired) electrons. The van der Waals surface area contributed by atoms with E-state index >= 15 is 0 Å². The predicted molar refractivity (Wildman–Crippen MR) is 96.5 cm³/mol. The molecule has 2 aromatic rings. The number of carbonyl (C=O) groups excluding carboxylic acids is 1. The number of benzene rings is 2. The van der Waals surface area contributed by atoms with Crippen molar-refractivity contribution >= 4 is 12.1 Å². The topological polar surface area (TPSA) is 78.9 Å². The summed E-state index contributed by atoms with van der Waals surface area (Å²) in [4.78, 5) is 26.0. The second-order valence-corrected chi connectivity index (χ2v) is 6.52. The molecule has 0 saturated carbocycles. The monoisotopic (exact) mass is 354 g/mol. The Kier molecular flexibility index (Phi) is 5.53. The maximum Gasteiger partial charge on any atom is 0.408 e. The highest BCUT2D eigenvalue weighted by Crippen LogP contribution is 2.24. The summed E-state index contributed by atoms with van der Waals surface area (Å²) in [6.45, 7) is 1.60. The number of carbonyl (C=O) groups is 2. The normalized spacial score (nSPS) is 19.8. The fraction of sp³-hybridized carbons (Fsp3) is 0.300. The minimum absolute atomic E-state index is 0.107. The maximum absolute atomic E-state index is 12.1. The molecular weight excluding hydrogens is 332 g/mol. The molecule has 6 heteroatoms. The number of carboxylic acids is 1. The van der Waals surface area contributed by atoms with Crippen LogP contribution in [0.5, 0.6) is 0 Å². The molecule has 2 aromatic carbocycles. The number of likely N-dealkylation sites (tertiary alicyclic amines) is 1. The Morgan fingerprint density at radius 3 is 2.27 bits per heavy atom. The molecule has 6 nitrogen and oxygen atoms in total. The SMILES string of the molecule is O=C(NC1(C(=O)O)CCN(Cc2ccccc2)C1)OCc1ccccc1. The largest absolute Gasteiger partial charge is 0.479 e. The molecule has 0 aliphatic carbocycles. The highest BCUT2D eigenvalue weighted by molar-refractivity contribution is 5.85. The summed E-state index contributed by atoms with van der Waals surface area (Å²) in [5.74, 6) is -1.04. The molecule has 1 atom stereocenters. The lowest BCUT2D eigenvalue weighted by atomic mass is 9.99. The van der Waals surface area contributed by atoms with Gasteiger partial charge in [-0.3, -0.25) is 4.90 Å². The number of hydrogen-bond donors (Lipinski definition) is 2. The van der Waals surface area contributed by atoms with E-state index in [1.807, 2.05) is 65.6 Å². The first-order valence-electron chi connectivity index (χ1n) is 8.56. The number of hydrogen-bond acceptors (Lipinski definition) is 4. The summed E-state index contributed by atoms with van der Waals surface area (Å²) >= 11 is 0. The first-order valence-corrected chi connectivity index (χ1v) is 8.56. The van der Waals surface area contributed by atoms with E-state index in [9.17, 15) is 14.7 Å². The first-order chi connectivity index (χ1) is 12.6. The highest BCUT2D eigenvalue weighted by atomic mass is 16.5. The number of alkyl carbamates (subject to hydrolysis) is 1.